The quantitative estimate of drug-likeness (QED) is 0.227. The molecule has 1 aliphatic rings. The van der Waals surface area contributed by atoms with Crippen LogP contribution < -0.4 is 18.9 Å². The first-order valence-corrected chi connectivity index (χ1v) is 12.3. The molecule has 0 aromatic heterocycles. The number of carbonyl (C=O) groups excluding carboxylic acids is 2. The molecular weight excluding hydrogens is 486 g/mol. The van der Waals surface area contributed by atoms with Crippen LogP contribution in [-0.2, 0) is 16.2 Å². The lowest BCUT2D eigenvalue weighted by molar-refractivity contribution is -0.139. The van der Waals surface area contributed by atoms with Gasteiger partial charge in [0.15, 0.2) is 23.0 Å². The Balaban J connectivity index is 1.81. The van der Waals surface area contributed by atoms with Crippen molar-refractivity contribution in [3.8, 4) is 23.0 Å². The van der Waals surface area contributed by atoms with E-state index in [1.165, 1.54) is 19.1 Å². The van der Waals surface area contributed by atoms with Gasteiger partial charge in [0, 0.05) is 12.1 Å². The SMILES string of the molecule is CCCN1C(=O)C(=O)/C(=C(\O)c2ccc(OC)c(OC)c2)C1c1ccc(OC)c(OCc2ccccc2)c1. The summed E-state index contributed by atoms with van der Waals surface area (Å²) in [4.78, 5) is 27.8. The number of Topliss-reactive ketones (excluding diaryl/α,β-unsaturated/α-hetero) is 1. The molecule has 1 saturated heterocycles. The van der Waals surface area contributed by atoms with E-state index < -0.39 is 17.7 Å². The second kappa shape index (κ2) is 11.7. The summed E-state index contributed by atoms with van der Waals surface area (Å²) in [5.74, 6) is 0.119. The second-order valence-corrected chi connectivity index (χ2v) is 8.75. The molecule has 1 aliphatic heterocycles. The van der Waals surface area contributed by atoms with Crippen molar-refractivity contribution in [3.05, 3.63) is 89.0 Å². The highest BCUT2D eigenvalue weighted by molar-refractivity contribution is 6.46. The summed E-state index contributed by atoms with van der Waals surface area (Å²) in [5, 5.41) is 11.4. The Morgan fingerprint density at radius 1 is 0.842 bits per heavy atom. The zero-order valence-electron chi connectivity index (χ0n) is 21.9. The van der Waals surface area contributed by atoms with Crippen LogP contribution in [0.1, 0.15) is 36.1 Å². The van der Waals surface area contributed by atoms with E-state index in [4.69, 9.17) is 18.9 Å². The molecule has 8 heteroatoms. The van der Waals surface area contributed by atoms with Gasteiger partial charge >= 0.3 is 0 Å². The fourth-order valence-electron chi connectivity index (χ4n) is 4.55. The van der Waals surface area contributed by atoms with Crippen molar-refractivity contribution in [2.45, 2.75) is 26.0 Å². The van der Waals surface area contributed by atoms with Crippen LogP contribution in [0.15, 0.2) is 72.3 Å². The predicted molar refractivity (Wildman–Crippen MR) is 143 cm³/mol. The van der Waals surface area contributed by atoms with Crippen molar-refractivity contribution < 1.29 is 33.6 Å². The zero-order valence-corrected chi connectivity index (χ0v) is 21.9. The molecule has 3 aromatic carbocycles. The van der Waals surface area contributed by atoms with Crippen molar-refractivity contribution in [2.75, 3.05) is 27.9 Å². The smallest absolute Gasteiger partial charge is 0.295 e. The standard InChI is InChI=1S/C30H31NO7/c1-5-15-31-27(20-11-13-23(36-3)25(16-20)38-18-19-9-7-6-8-10-19)26(29(33)30(31)34)28(32)21-12-14-22(35-2)24(17-21)37-4/h6-14,16-17,27,32H,5,15,18H2,1-4H3/b28-26-. The summed E-state index contributed by atoms with van der Waals surface area (Å²) in [6.45, 7) is 2.57. The Morgan fingerprint density at radius 3 is 2.16 bits per heavy atom. The molecule has 0 aliphatic carbocycles. The maximum atomic E-state index is 13.3. The highest BCUT2D eigenvalue weighted by atomic mass is 16.5. The van der Waals surface area contributed by atoms with Crippen molar-refractivity contribution >= 4 is 17.4 Å². The number of ketones is 1. The number of methoxy groups -OCH3 is 3. The van der Waals surface area contributed by atoms with Crippen LogP contribution >= 0.6 is 0 Å². The molecule has 1 amide bonds. The number of ether oxygens (including phenoxy) is 4. The number of likely N-dealkylation sites (tertiary alicyclic amines) is 1. The molecule has 1 N–H and O–H groups in total. The molecule has 1 heterocycles. The Labute approximate surface area is 222 Å². The van der Waals surface area contributed by atoms with Gasteiger partial charge in [0.05, 0.1) is 32.9 Å². The van der Waals surface area contributed by atoms with E-state index in [-0.39, 0.29) is 11.3 Å². The third kappa shape index (κ3) is 5.16. The number of benzene rings is 3. The van der Waals surface area contributed by atoms with Crippen LogP contribution in [0.4, 0.5) is 0 Å². The number of hydrogen-bond acceptors (Lipinski definition) is 7. The number of nitrogens with zero attached hydrogens (tertiary/aromatic N) is 1. The lowest BCUT2D eigenvalue weighted by atomic mass is 9.94. The minimum atomic E-state index is -0.812. The van der Waals surface area contributed by atoms with Crippen LogP contribution in [0.5, 0.6) is 23.0 Å². The van der Waals surface area contributed by atoms with Gasteiger partial charge in [-0.1, -0.05) is 43.3 Å². The average molecular weight is 518 g/mol. The fraction of sp³-hybridized carbons (Fsp3) is 0.267. The molecular formula is C30H31NO7. The first-order valence-electron chi connectivity index (χ1n) is 12.3. The van der Waals surface area contributed by atoms with Gasteiger partial charge in [0.1, 0.15) is 12.4 Å². The number of aliphatic hydroxyl groups excluding tert-OH is 1. The van der Waals surface area contributed by atoms with E-state index >= 15 is 0 Å². The highest BCUT2D eigenvalue weighted by Crippen LogP contribution is 2.43. The molecule has 38 heavy (non-hydrogen) atoms. The summed E-state index contributed by atoms with van der Waals surface area (Å²) in [7, 11) is 4.54. The molecule has 3 aromatic rings. The average Bonchev–Trinajstić information content (AvgIpc) is 3.20. The number of amides is 1. The van der Waals surface area contributed by atoms with Crippen LogP contribution in [0.3, 0.4) is 0 Å². The van der Waals surface area contributed by atoms with Gasteiger partial charge in [0.2, 0.25) is 0 Å². The van der Waals surface area contributed by atoms with E-state index in [9.17, 15) is 14.7 Å². The van der Waals surface area contributed by atoms with Gasteiger partial charge in [-0.05, 0) is 47.9 Å². The maximum absolute atomic E-state index is 13.3. The minimum absolute atomic E-state index is 0.00477. The van der Waals surface area contributed by atoms with E-state index in [0.717, 1.165) is 5.56 Å². The molecule has 1 atom stereocenters. The third-order valence-corrected chi connectivity index (χ3v) is 6.40. The van der Waals surface area contributed by atoms with Gasteiger partial charge in [-0.15, -0.1) is 0 Å². The van der Waals surface area contributed by atoms with Gasteiger partial charge in [-0.3, -0.25) is 9.59 Å². The monoisotopic (exact) mass is 517 g/mol. The van der Waals surface area contributed by atoms with Crippen LogP contribution in [-0.4, -0.2) is 49.6 Å². The summed E-state index contributed by atoms with van der Waals surface area (Å²) >= 11 is 0. The van der Waals surface area contributed by atoms with Gasteiger partial charge in [-0.2, -0.15) is 0 Å². The van der Waals surface area contributed by atoms with Crippen molar-refractivity contribution in [1.29, 1.82) is 0 Å². The maximum Gasteiger partial charge on any atom is 0.295 e. The lowest BCUT2D eigenvalue weighted by Gasteiger charge is -2.25. The molecule has 1 fully saturated rings. The Morgan fingerprint density at radius 2 is 1.50 bits per heavy atom. The van der Waals surface area contributed by atoms with Crippen molar-refractivity contribution in [1.82, 2.24) is 4.90 Å². The summed E-state index contributed by atoms with van der Waals surface area (Å²) in [5.41, 5.74) is 1.92. The number of rotatable bonds is 10. The second-order valence-electron chi connectivity index (χ2n) is 8.75. The summed E-state index contributed by atoms with van der Waals surface area (Å²) < 4.78 is 22.2. The molecule has 0 radical (unpaired) electrons. The number of hydrogen-bond donors (Lipinski definition) is 1. The lowest BCUT2D eigenvalue weighted by Crippen LogP contribution is -2.30. The molecule has 198 valence electrons. The first-order chi connectivity index (χ1) is 18.4. The van der Waals surface area contributed by atoms with E-state index in [0.29, 0.717) is 53.7 Å². The van der Waals surface area contributed by atoms with E-state index in [1.54, 1.807) is 43.5 Å². The van der Waals surface area contributed by atoms with Crippen LogP contribution in [0.2, 0.25) is 0 Å². The van der Waals surface area contributed by atoms with Crippen molar-refractivity contribution in [3.63, 3.8) is 0 Å². The topological polar surface area (TPSA) is 94.5 Å². The molecule has 0 saturated carbocycles. The Hall–Kier alpha value is -4.46. The van der Waals surface area contributed by atoms with Crippen LogP contribution in [0.25, 0.3) is 5.76 Å². The summed E-state index contributed by atoms with van der Waals surface area (Å²) in [6, 6.07) is 19.0. The molecule has 1 unspecified atom stereocenters. The molecule has 4 rings (SSSR count). The van der Waals surface area contributed by atoms with E-state index in [1.807, 2.05) is 37.3 Å². The Bertz CT molecular complexity index is 1350. The number of carbonyl (C=O) groups is 2. The third-order valence-electron chi connectivity index (χ3n) is 6.40. The normalized spacial score (nSPS) is 16.4. The first kappa shape index (κ1) is 26.6. The molecule has 8 nitrogen and oxygen atoms in total. The van der Waals surface area contributed by atoms with Gasteiger partial charge in [-0.25, -0.2) is 0 Å². The predicted octanol–water partition coefficient (Wildman–Crippen LogP) is 5.12. The van der Waals surface area contributed by atoms with Crippen LogP contribution in [0, 0.1) is 0 Å². The molecule has 0 spiro atoms. The largest absolute Gasteiger partial charge is 0.507 e. The van der Waals surface area contributed by atoms with Crippen molar-refractivity contribution in [2.24, 2.45) is 0 Å². The zero-order chi connectivity index (χ0) is 27.2. The minimum Gasteiger partial charge on any atom is -0.507 e. The number of aliphatic hydroxyl groups is 1. The van der Waals surface area contributed by atoms with Gasteiger partial charge in [0.25, 0.3) is 11.7 Å². The highest BCUT2D eigenvalue weighted by Gasteiger charge is 2.46. The van der Waals surface area contributed by atoms with E-state index in [2.05, 4.69) is 0 Å². The summed E-state index contributed by atoms with van der Waals surface area (Å²) in [6.07, 6.45) is 0.632. The fourth-order valence-corrected chi connectivity index (χ4v) is 4.55. The van der Waals surface area contributed by atoms with Gasteiger partial charge < -0.3 is 29.0 Å². The Kier molecular flexibility index (Phi) is 8.21. The molecule has 0 bridgehead atoms.